The molecule has 1 N–H and O–H groups in total. The number of nitrogens with zero attached hydrogens (tertiary/aromatic N) is 1. The molecule has 1 heterocycles. The van der Waals surface area contributed by atoms with Gasteiger partial charge < -0.3 is 5.32 Å². The van der Waals surface area contributed by atoms with E-state index in [-0.39, 0.29) is 17.2 Å². The number of hydrogen-bond acceptors (Lipinski definition) is 3. The monoisotopic (exact) mass is 318 g/mol. The van der Waals surface area contributed by atoms with Crippen molar-refractivity contribution in [3.8, 4) is 0 Å². The number of rotatable bonds is 2. The third-order valence-corrected chi connectivity index (χ3v) is 5.31. The van der Waals surface area contributed by atoms with E-state index in [0.717, 1.165) is 4.31 Å². The molecule has 1 aliphatic rings. The van der Waals surface area contributed by atoms with Crippen molar-refractivity contribution in [1.29, 1.82) is 0 Å². The molecule has 0 saturated heterocycles. The van der Waals surface area contributed by atoms with Crippen molar-refractivity contribution in [2.75, 3.05) is 19.4 Å². The van der Waals surface area contributed by atoms with Crippen molar-refractivity contribution in [2.45, 2.75) is 11.3 Å². The summed E-state index contributed by atoms with van der Waals surface area (Å²) in [6, 6.07) is 3.16. The van der Waals surface area contributed by atoms with Crippen LogP contribution in [0.5, 0.6) is 0 Å². The number of anilines is 1. The van der Waals surface area contributed by atoms with Crippen molar-refractivity contribution < 1.29 is 13.2 Å². The van der Waals surface area contributed by atoms with Gasteiger partial charge >= 0.3 is 0 Å². The fraction of sp³-hybridized carbons (Fsp3) is 0.300. The maximum absolute atomic E-state index is 12.0. The van der Waals surface area contributed by atoms with E-state index in [0.29, 0.717) is 15.7 Å². The summed E-state index contributed by atoms with van der Waals surface area (Å²) in [5, 5.41) is 2.67. The van der Waals surface area contributed by atoms with Crippen LogP contribution >= 0.6 is 15.9 Å². The van der Waals surface area contributed by atoms with E-state index in [4.69, 9.17) is 0 Å². The second-order valence-corrected chi connectivity index (χ2v) is 6.93. The molecule has 1 amide bonds. The highest BCUT2D eigenvalue weighted by atomic mass is 79.9. The maximum atomic E-state index is 12.0. The zero-order chi connectivity index (χ0) is 12.8. The highest BCUT2D eigenvalue weighted by molar-refractivity contribution is 9.10. The van der Waals surface area contributed by atoms with Crippen LogP contribution in [0, 0.1) is 0 Å². The van der Waals surface area contributed by atoms with Gasteiger partial charge in [-0.15, -0.1) is 0 Å². The molecular weight excluding hydrogens is 308 g/mol. The average Bonchev–Trinajstić information content (AvgIpc) is 2.55. The van der Waals surface area contributed by atoms with Gasteiger partial charge in [0.2, 0.25) is 15.9 Å². The van der Waals surface area contributed by atoms with E-state index in [1.54, 1.807) is 6.07 Å². The Balaban J connectivity index is 2.60. The molecule has 2 rings (SSSR count). The van der Waals surface area contributed by atoms with Crippen molar-refractivity contribution in [3.63, 3.8) is 0 Å². The molecule has 0 radical (unpaired) electrons. The predicted octanol–water partition coefficient (Wildman–Crippen LogP) is 1.19. The highest BCUT2D eigenvalue weighted by Crippen LogP contribution is 2.33. The molecular formula is C10H11BrN2O3S. The minimum atomic E-state index is -3.50. The van der Waals surface area contributed by atoms with Gasteiger partial charge in [0.25, 0.3) is 0 Å². The van der Waals surface area contributed by atoms with Crippen LogP contribution in [0.3, 0.4) is 0 Å². The summed E-state index contributed by atoms with van der Waals surface area (Å²) in [4.78, 5) is 11.4. The first-order valence-electron chi connectivity index (χ1n) is 4.87. The normalized spacial score (nSPS) is 14.9. The van der Waals surface area contributed by atoms with Crippen LogP contribution in [0.4, 0.5) is 5.69 Å². The molecule has 0 bridgehead atoms. The standard InChI is InChI=1S/C10H11BrN2O3S/c1-13(2)17(15,16)9-3-6-4-10(14)12-8(6)5-7(9)11/h3,5H,4H2,1-2H3,(H,12,14). The zero-order valence-electron chi connectivity index (χ0n) is 9.32. The first-order valence-corrected chi connectivity index (χ1v) is 7.10. The third-order valence-electron chi connectivity index (χ3n) is 2.54. The van der Waals surface area contributed by atoms with Gasteiger partial charge in [-0.05, 0) is 33.6 Å². The minimum Gasteiger partial charge on any atom is -0.325 e. The SMILES string of the molecule is CN(C)S(=O)(=O)c1cc2c(cc1Br)NC(=O)C2. The van der Waals surface area contributed by atoms with E-state index in [2.05, 4.69) is 21.2 Å². The number of carbonyl (C=O) groups is 1. The molecule has 1 aromatic rings. The van der Waals surface area contributed by atoms with Gasteiger partial charge in [-0.1, -0.05) is 0 Å². The Labute approximate surface area is 108 Å². The van der Waals surface area contributed by atoms with Gasteiger partial charge in [0.05, 0.1) is 11.3 Å². The summed E-state index contributed by atoms with van der Waals surface area (Å²) in [5.41, 5.74) is 1.37. The Kier molecular flexibility index (Phi) is 3.01. The number of halogens is 1. The molecule has 0 spiro atoms. The second kappa shape index (κ2) is 4.08. The van der Waals surface area contributed by atoms with Crippen molar-refractivity contribution in [1.82, 2.24) is 4.31 Å². The fourth-order valence-electron chi connectivity index (χ4n) is 1.62. The van der Waals surface area contributed by atoms with Gasteiger partial charge in [-0.25, -0.2) is 12.7 Å². The first kappa shape index (κ1) is 12.5. The molecule has 0 fully saturated rings. The quantitative estimate of drug-likeness (QED) is 0.890. The lowest BCUT2D eigenvalue weighted by atomic mass is 10.2. The fourth-order valence-corrected chi connectivity index (χ4v) is 3.57. The lowest BCUT2D eigenvalue weighted by molar-refractivity contribution is -0.115. The number of hydrogen-bond donors (Lipinski definition) is 1. The number of amides is 1. The maximum Gasteiger partial charge on any atom is 0.243 e. The van der Waals surface area contributed by atoms with E-state index in [9.17, 15) is 13.2 Å². The van der Waals surface area contributed by atoms with Crippen LogP contribution in [-0.4, -0.2) is 32.7 Å². The van der Waals surface area contributed by atoms with Crippen LogP contribution in [0.2, 0.25) is 0 Å². The molecule has 1 aromatic carbocycles. The molecule has 7 heteroatoms. The largest absolute Gasteiger partial charge is 0.325 e. The Morgan fingerprint density at radius 3 is 2.59 bits per heavy atom. The van der Waals surface area contributed by atoms with Crippen LogP contribution < -0.4 is 5.32 Å². The molecule has 0 unspecified atom stereocenters. The summed E-state index contributed by atoms with van der Waals surface area (Å²) in [6.45, 7) is 0. The van der Waals surface area contributed by atoms with Crippen LogP contribution in [0.25, 0.3) is 0 Å². The van der Waals surface area contributed by atoms with Gasteiger partial charge in [-0.3, -0.25) is 4.79 Å². The molecule has 92 valence electrons. The Morgan fingerprint density at radius 2 is 2.00 bits per heavy atom. The molecule has 1 aliphatic heterocycles. The lowest BCUT2D eigenvalue weighted by Gasteiger charge is -2.13. The number of fused-ring (bicyclic) bond motifs is 1. The van der Waals surface area contributed by atoms with Gasteiger partial charge in [-0.2, -0.15) is 0 Å². The van der Waals surface area contributed by atoms with Gasteiger partial charge in [0.15, 0.2) is 0 Å². The molecule has 5 nitrogen and oxygen atoms in total. The van der Waals surface area contributed by atoms with E-state index in [1.807, 2.05) is 0 Å². The third kappa shape index (κ3) is 2.10. The van der Waals surface area contributed by atoms with E-state index < -0.39 is 10.0 Å². The predicted molar refractivity (Wildman–Crippen MR) is 67.3 cm³/mol. The van der Waals surface area contributed by atoms with Crippen LogP contribution in [-0.2, 0) is 21.2 Å². The number of benzene rings is 1. The van der Waals surface area contributed by atoms with Crippen molar-refractivity contribution >= 4 is 37.5 Å². The molecule has 0 aliphatic carbocycles. The highest BCUT2D eigenvalue weighted by Gasteiger charge is 2.26. The Morgan fingerprint density at radius 1 is 1.35 bits per heavy atom. The summed E-state index contributed by atoms with van der Waals surface area (Å²) in [5.74, 6) is -0.119. The summed E-state index contributed by atoms with van der Waals surface area (Å²) in [6.07, 6.45) is 0.221. The van der Waals surface area contributed by atoms with Crippen LogP contribution in [0.1, 0.15) is 5.56 Å². The zero-order valence-corrected chi connectivity index (χ0v) is 11.7. The van der Waals surface area contributed by atoms with E-state index >= 15 is 0 Å². The summed E-state index contributed by atoms with van der Waals surface area (Å²) >= 11 is 3.22. The summed E-state index contributed by atoms with van der Waals surface area (Å²) < 4.78 is 25.6. The van der Waals surface area contributed by atoms with E-state index in [1.165, 1.54) is 20.2 Å². The second-order valence-electron chi connectivity index (χ2n) is 3.95. The van der Waals surface area contributed by atoms with Crippen molar-refractivity contribution in [2.24, 2.45) is 0 Å². The lowest BCUT2D eigenvalue weighted by Crippen LogP contribution is -2.22. The smallest absolute Gasteiger partial charge is 0.243 e. The number of sulfonamides is 1. The summed E-state index contributed by atoms with van der Waals surface area (Å²) in [7, 11) is -0.558. The molecule has 0 saturated carbocycles. The van der Waals surface area contributed by atoms with Crippen LogP contribution in [0.15, 0.2) is 21.5 Å². The average molecular weight is 319 g/mol. The molecule has 0 atom stereocenters. The minimum absolute atomic E-state index is 0.119. The molecule has 17 heavy (non-hydrogen) atoms. The number of nitrogens with one attached hydrogen (secondary N) is 1. The Bertz CT molecular complexity index is 596. The Hall–Kier alpha value is -0.920. The van der Waals surface area contributed by atoms with Gasteiger partial charge in [0.1, 0.15) is 0 Å². The topological polar surface area (TPSA) is 66.5 Å². The molecule has 0 aromatic heterocycles. The van der Waals surface area contributed by atoms with Gasteiger partial charge in [0, 0.05) is 24.3 Å². The first-order chi connectivity index (χ1) is 7.82. The van der Waals surface area contributed by atoms with Crippen molar-refractivity contribution in [3.05, 3.63) is 22.2 Å². The number of carbonyl (C=O) groups excluding carboxylic acids is 1.